The van der Waals surface area contributed by atoms with E-state index >= 15 is 0 Å². The summed E-state index contributed by atoms with van der Waals surface area (Å²) in [7, 11) is 3.17. The Bertz CT molecular complexity index is 953. The van der Waals surface area contributed by atoms with E-state index in [0.717, 1.165) is 27.8 Å². The molecule has 0 saturated heterocycles. The smallest absolute Gasteiger partial charge is 0.264 e. The molecule has 0 spiro atoms. The highest BCUT2D eigenvalue weighted by Gasteiger charge is 2.40. The maximum absolute atomic E-state index is 13.0. The number of ether oxygens (including phenoxy) is 3. The van der Waals surface area contributed by atoms with E-state index in [0.29, 0.717) is 42.4 Å². The number of phenols is 1. The van der Waals surface area contributed by atoms with Crippen LogP contribution in [0, 0.1) is 20.8 Å². The van der Waals surface area contributed by atoms with Gasteiger partial charge in [0.1, 0.15) is 11.5 Å². The zero-order valence-corrected chi connectivity index (χ0v) is 17.9. The molecule has 156 valence electrons. The maximum atomic E-state index is 13.0. The highest BCUT2D eigenvalue weighted by atomic mass is 16.5. The van der Waals surface area contributed by atoms with Gasteiger partial charge in [-0.05, 0) is 68.5 Å². The minimum absolute atomic E-state index is 0.166. The van der Waals surface area contributed by atoms with Crippen LogP contribution in [0.25, 0.3) is 0 Å². The first-order valence-corrected chi connectivity index (χ1v) is 9.71. The monoisotopic (exact) mass is 399 g/mol. The summed E-state index contributed by atoms with van der Waals surface area (Å²) in [6.07, 6.45) is 1.22. The zero-order valence-electron chi connectivity index (χ0n) is 17.9. The molecule has 1 aliphatic heterocycles. The molecule has 0 aliphatic carbocycles. The van der Waals surface area contributed by atoms with E-state index in [1.54, 1.807) is 14.2 Å². The van der Waals surface area contributed by atoms with E-state index in [9.17, 15) is 9.90 Å². The second-order valence-electron chi connectivity index (χ2n) is 7.74. The summed E-state index contributed by atoms with van der Waals surface area (Å²) in [6.45, 7) is 7.85. The van der Waals surface area contributed by atoms with Gasteiger partial charge in [0.15, 0.2) is 17.1 Å². The van der Waals surface area contributed by atoms with Crippen molar-refractivity contribution in [2.45, 2.75) is 52.7 Å². The van der Waals surface area contributed by atoms with Crippen LogP contribution in [0.2, 0.25) is 0 Å². The largest absolute Gasteiger partial charge is 0.507 e. The highest BCUT2D eigenvalue weighted by molar-refractivity contribution is 5.85. The number of amides is 1. The van der Waals surface area contributed by atoms with Crippen LogP contribution in [0.3, 0.4) is 0 Å². The van der Waals surface area contributed by atoms with Gasteiger partial charge < -0.3 is 24.6 Å². The third-order valence-corrected chi connectivity index (χ3v) is 5.90. The molecule has 1 heterocycles. The van der Waals surface area contributed by atoms with Gasteiger partial charge in [0.05, 0.1) is 14.2 Å². The van der Waals surface area contributed by atoms with Crippen molar-refractivity contribution >= 4 is 5.91 Å². The lowest BCUT2D eigenvalue weighted by Gasteiger charge is -2.36. The first-order chi connectivity index (χ1) is 13.7. The summed E-state index contributed by atoms with van der Waals surface area (Å²) < 4.78 is 16.8. The molecule has 1 unspecified atom stereocenters. The first-order valence-electron chi connectivity index (χ1n) is 9.71. The van der Waals surface area contributed by atoms with Gasteiger partial charge in [0, 0.05) is 18.5 Å². The maximum Gasteiger partial charge on any atom is 0.264 e. The van der Waals surface area contributed by atoms with Crippen LogP contribution >= 0.6 is 0 Å². The molecular formula is C23H29NO5. The molecule has 1 aliphatic rings. The van der Waals surface area contributed by atoms with Crippen LogP contribution < -0.4 is 19.5 Å². The number of fused-ring (bicyclic) bond motifs is 1. The molecule has 2 N–H and O–H groups in total. The Morgan fingerprint density at radius 3 is 2.48 bits per heavy atom. The fraction of sp³-hybridized carbons (Fsp3) is 0.435. The summed E-state index contributed by atoms with van der Waals surface area (Å²) in [4.78, 5) is 13.0. The minimum Gasteiger partial charge on any atom is -0.507 e. The molecule has 2 aromatic rings. The second-order valence-corrected chi connectivity index (χ2v) is 7.74. The summed E-state index contributed by atoms with van der Waals surface area (Å²) in [6, 6.07) is 5.55. The number of carbonyl (C=O) groups is 1. The highest BCUT2D eigenvalue weighted by Crippen LogP contribution is 2.43. The van der Waals surface area contributed by atoms with Gasteiger partial charge in [0.2, 0.25) is 0 Å². The molecule has 0 bridgehead atoms. The molecule has 29 heavy (non-hydrogen) atoms. The summed E-state index contributed by atoms with van der Waals surface area (Å²) in [5, 5.41) is 13.3. The Labute approximate surface area is 171 Å². The van der Waals surface area contributed by atoms with E-state index in [1.807, 2.05) is 45.9 Å². The lowest BCUT2D eigenvalue weighted by Crippen LogP contribution is -2.50. The van der Waals surface area contributed by atoms with Crippen LogP contribution in [0.4, 0.5) is 0 Å². The Kier molecular flexibility index (Phi) is 5.64. The number of methoxy groups -OCH3 is 2. The van der Waals surface area contributed by atoms with E-state index in [4.69, 9.17) is 14.2 Å². The van der Waals surface area contributed by atoms with Crippen molar-refractivity contribution in [3.63, 3.8) is 0 Å². The van der Waals surface area contributed by atoms with Crippen molar-refractivity contribution in [2.24, 2.45) is 0 Å². The van der Waals surface area contributed by atoms with E-state index in [2.05, 4.69) is 5.32 Å². The molecule has 3 rings (SSSR count). The Hall–Kier alpha value is -2.89. The number of nitrogens with one attached hydrogen (secondary N) is 1. The van der Waals surface area contributed by atoms with Crippen LogP contribution in [-0.4, -0.2) is 30.8 Å². The molecule has 0 radical (unpaired) electrons. The van der Waals surface area contributed by atoms with Gasteiger partial charge in [-0.25, -0.2) is 0 Å². The Balaban J connectivity index is 1.77. The third-order valence-electron chi connectivity index (χ3n) is 5.90. The van der Waals surface area contributed by atoms with Gasteiger partial charge in [-0.2, -0.15) is 0 Å². The number of rotatable bonds is 5. The molecule has 1 amide bonds. The van der Waals surface area contributed by atoms with Crippen molar-refractivity contribution in [3.8, 4) is 23.0 Å². The topological polar surface area (TPSA) is 77.0 Å². The normalized spacial score (nSPS) is 17.9. The summed E-state index contributed by atoms with van der Waals surface area (Å²) in [5.41, 5.74) is 3.41. The van der Waals surface area contributed by atoms with E-state index in [-0.39, 0.29) is 5.91 Å². The SMILES string of the molecule is COc1ccc(CNC(=O)C2(C)CCc3c(C)c(O)c(C)c(C)c3O2)cc1OC. The van der Waals surface area contributed by atoms with Gasteiger partial charge in [-0.1, -0.05) is 6.07 Å². The van der Waals surface area contributed by atoms with Crippen LogP contribution in [0.5, 0.6) is 23.0 Å². The van der Waals surface area contributed by atoms with Crippen molar-refractivity contribution < 1.29 is 24.1 Å². The first kappa shape index (κ1) is 20.8. The quantitative estimate of drug-likeness (QED) is 0.801. The van der Waals surface area contributed by atoms with Gasteiger partial charge >= 0.3 is 0 Å². The van der Waals surface area contributed by atoms with Crippen LogP contribution in [-0.2, 0) is 17.8 Å². The van der Waals surface area contributed by atoms with Gasteiger partial charge in [-0.3, -0.25) is 4.79 Å². The number of aromatic hydroxyl groups is 1. The standard InChI is InChI=1S/C23H29NO5/c1-13-14(2)21-17(15(3)20(13)25)9-10-23(4,29-21)22(26)24-12-16-7-8-18(27-5)19(11-16)28-6/h7-8,11,25H,9-10,12H2,1-6H3,(H,24,26). The molecule has 2 aromatic carbocycles. The lowest BCUT2D eigenvalue weighted by atomic mass is 9.86. The summed E-state index contributed by atoms with van der Waals surface area (Å²) >= 11 is 0. The third kappa shape index (κ3) is 3.71. The molecule has 1 atom stereocenters. The van der Waals surface area contributed by atoms with Crippen LogP contribution in [0.15, 0.2) is 18.2 Å². The predicted octanol–water partition coefficient (Wildman–Crippen LogP) is 3.73. The summed E-state index contributed by atoms with van der Waals surface area (Å²) in [5.74, 6) is 2.13. The Morgan fingerprint density at radius 1 is 1.14 bits per heavy atom. The number of phenolic OH excluding ortho intramolecular Hbond substituents is 1. The average molecular weight is 399 g/mol. The molecule has 0 aromatic heterocycles. The molecule has 0 saturated carbocycles. The number of hydrogen-bond acceptors (Lipinski definition) is 5. The van der Waals surface area contributed by atoms with E-state index < -0.39 is 5.60 Å². The molecule has 6 nitrogen and oxygen atoms in total. The van der Waals surface area contributed by atoms with Gasteiger partial charge in [-0.15, -0.1) is 0 Å². The Morgan fingerprint density at radius 2 is 1.83 bits per heavy atom. The van der Waals surface area contributed by atoms with Crippen molar-refractivity contribution in [2.75, 3.05) is 14.2 Å². The van der Waals surface area contributed by atoms with Gasteiger partial charge in [0.25, 0.3) is 5.91 Å². The molecular weight excluding hydrogens is 370 g/mol. The van der Waals surface area contributed by atoms with Crippen LogP contribution in [0.1, 0.15) is 41.2 Å². The fourth-order valence-electron chi connectivity index (χ4n) is 3.77. The van der Waals surface area contributed by atoms with Crippen molar-refractivity contribution in [3.05, 3.63) is 46.0 Å². The average Bonchev–Trinajstić information content (AvgIpc) is 2.74. The number of hydrogen-bond donors (Lipinski definition) is 2. The van der Waals surface area contributed by atoms with E-state index in [1.165, 1.54) is 0 Å². The molecule has 6 heteroatoms. The fourth-order valence-corrected chi connectivity index (χ4v) is 3.77. The van der Waals surface area contributed by atoms with Crippen molar-refractivity contribution in [1.29, 1.82) is 0 Å². The molecule has 0 fully saturated rings. The predicted molar refractivity (Wildman–Crippen MR) is 111 cm³/mol. The lowest BCUT2D eigenvalue weighted by molar-refractivity contribution is -0.137. The minimum atomic E-state index is -0.968. The van der Waals surface area contributed by atoms with Crippen molar-refractivity contribution in [1.82, 2.24) is 5.32 Å². The number of benzene rings is 2. The zero-order chi connectivity index (χ0) is 21.3. The number of carbonyl (C=O) groups excluding carboxylic acids is 1. The second kappa shape index (κ2) is 7.85.